The van der Waals surface area contributed by atoms with Gasteiger partial charge >= 0.3 is 0 Å². The Morgan fingerprint density at radius 2 is 2.38 bits per heavy atom. The van der Waals surface area contributed by atoms with E-state index < -0.39 is 5.97 Å². The van der Waals surface area contributed by atoms with E-state index in [1.54, 1.807) is 18.3 Å². The number of aromatic amines is 1. The van der Waals surface area contributed by atoms with E-state index in [-0.39, 0.29) is 6.42 Å². The topological polar surface area (TPSA) is 66.3 Å². The lowest BCUT2D eigenvalue weighted by Gasteiger charge is -1.99. The van der Waals surface area contributed by atoms with Gasteiger partial charge in [0.25, 0.3) is 5.82 Å². The number of rotatable bonds is 4. The third-order valence-corrected chi connectivity index (χ3v) is 1.65. The van der Waals surface area contributed by atoms with Crippen molar-refractivity contribution in [3.8, 4) is 0 Å². The summed E-state index contributed by atoms with van der Waals surface area (Å²) in [6.45, 7) is 0.334. The minimum absolute atomic E-state index is 0.0174. The van der Waals surface area contributed by atoms with Gasteiger partial charge in [-0.1, -0.05) is 11.6 Å². The largest absolute Gasteiger partial charge is 0.550 e. The molecular weight excluding hydrogens is 192 g/mol. The van der Waals surface area contributed by atoms with Gasteiger partial charge in [0.2, 0.25) is 0 Å². The number of pyridine rings is 1. The van der Waals surface area contributed by atoms with Crippen LogP contribution in [-0.4, -0.2) is 12.5 Å². The number of aliphatic carboxylic acids is 1. The molecule has 0 saturated carbocycles. The molecule has 1 aromatic rings. The molecule has 0 radical (unpaired) electrons. The zero-order chi connectivity index (χ0) is 9.68. The van der Waals surface area contributed by atoms with Gasteiger partial charge in [-0.3, -0.25) is 5.32 Å². The molecule has 0 spiro atoms. The molecule has 2 N–H and O–H groups in total. The fourth-order valence-electron chi connectivity index (χ4n) is 0.815. The summed E-state index contributed by atoms with van der Waals surface area (Å²) in [5.74, 6) is -0.341. The first kappa shape index (κ1) is 9.80. The Hall–Kier alpha value is -1.29. The average molecular weight is 201 g/mol. The van der Waals surface area contributed by atoms with Crippen molar-refractivity contribution in [1.82, 2.24) is 0 Å². The van der Waals surface area contributed by atoms with E-state index in [0.717, 1.165) is 5.82 Å². The van der Waals surface area contributed by atoms with E-state index >= 15 is 0 Å². The number of halogens is 1. The summed E-state index contributed by atoms with van der Waals surface area (Å²) in [5.41, 5.74) is 0. The highest BCUT2D eigenvalue weighted by Gasteiger charge is 1.99. The summed E-state index contributed by atoms with van der Waals surface area (Å²) < 4.78 is 0. The van der Waals surface area contributed by atoms with E-state index in [9.17, 15) is 9.90 Å². The maximum absolute atomic E-state index is 10.1. The smallest absolute Gasteiger partial charge is 0.272 e. The van der Waals surface area contributed by atoms with Crippen molar-refractivity contribution in [1.29, 1.82) is 0 Å². The van der Waals surface area contributed by atoms with Crippen molar-refractivity contribution >= 4 is 23.4 Å². The Morgan fingerprint density at radius 3 is 2.92 bits per heavy atom. The molecule has 4 nitrogen and oxygen atoms in total. The fourth-order valence-corrected chi connectivity index (χ4v) is 0.933. The summed E-state index contributed by atoms with van der Waals surface area (Å²) >= 11 is 5.63. The van der Waals surface area contributed by atoms with Crippen LogP contribution in [0, 0.1) is 0 Å². The number of nitrogens with one attached hydrogen (secondary N) is 2. The Kier molecular flexibility index (Phi) is 3.52. The number of hydrogen-bond acceptors (Lipinski definition) is 3. The molecule has 1 aromatic heterocycles. The maximum Gasteiger partial charge on any atom is 0.272 e. The normalized spacial score (nSPS) is 9.62. The predicted octanol–water partition coefficient (Wildman–Crippen LogP) is -0.294. The maximum atomic E-state index is 10.1. The van der Waals surface area contributed by atoms with Crippen LogP contribution in [-0.2, 0) is 4.79 Å². The first-order chi connectivity index (χ1) is 6.18. The van der Waals surface area contributed by atoms with Crippen LogP contribution in [0.4, 0.5) is 5.82 Å². The van der Waals surface area contributed by atoms with Crippen molar-refractivity contribution < 1.29 is 14.9 Å². The van der Waals surface area contributed by atoms with Crippen LogP contribution in [0.5, 0.6) is 0 Å². The lowest BCUT2D eigenvalue weighted by atomic mass is 10.4. The zero-order valence-corrected chi connectivity index (χ0v) is 7.60. The third kappa shape index (κ3) is 3.75. The molecule has 0 saturated heterocycles. The standard InChI is InChI=1S/C8H9ClN2O2/c9-6-1-2-7(11-5-6)10-4-3-8(12)13/h1-2,5H,3-4H2,(H,10,11)(H,12,13). The minimum atomic E-state index is -1.07. The average Bonchev–Trinajstić information content (AvgIpc) is 2.08. The molecule has 0 aliphatic heterocycles. The van der Waals surface area contributed by atoms with Crippen molar-refractivity contribution in [3.63, 3.8) is 0 Å². The van der Waals surface area contributed by atoms with Crippen LogP contribution in [0.15, 0.2) is 18.3 Å². The molecule has 0 aliphatic rings. The highest BCUT2D eigenvalue weighted by Crippen LogP contribution is 2.05. The zero-order valence-electron chi connectivity index (χ0n) is 6.84. The highest BCUT2D eigenvalue weighted by molar-refractivity contribution is 6.30. The molecule has 0 aliphatic carbocycles. The molecule has 0 unspecified atom stereocenters. The number of carboxylic acids is 1. The van der Waals surface area contributed by atoms with Gasteiger partial charge < -0.3 is 9.90 Å². The van der Waals surface area contributed by atoms with Gasteiger partial charge in [0.05, 0.1) is 11.6 Å². The predicted molar refractivity (Wildman–Crippen MR) is 46.1 cm³/mol. The van der Waals surface area contributed by atoms with E-state index in [1.807, 2.05) is 0 Å². The molecule has 70 valence electrons. The number of H-pyrrole nitrogens is 1. The number of anilines is 1. The number of hydrogen-bond donors (Lipinski definition) is 1. The van der Waals surface area contributed by atoms with Crippen molar-refractivity contribution in [2.24, 2.45) is 0 Å². The molecule has 5 heteroatoms. The van der Waals surface area contributed by atoms with Crippen LogP contribution in [0.2, 0.25) is 5.02 Å². The second kappa shape index (κ2) is 4.67. The fraction of sp³-hybridized carbons (Fsp3) is 0.250. The van der Waals surface area contributed by atoms with E-state index in [2.05, 4.69) is 10.3 Å². The van der Waals surface area contributed by atoms with Gasteiger partial charge in [-0.05, 0) is 6.07 Å². The number of aromatic nitrogens is 1. The van der Waals surface area contributed by atoms with E-state index in [1.165, 1.54) is 0 Å². The molecule has 1 heterocycles. The number of carbonyl (C=O) groups excluding carboxylic acids is 1. The Balaban J connectivity index is 2.37. The molecular formula is C8H9ClN2O2. The van der Waals surface area contributed by atoms with E-state index in [0.29, 0.717) is 11.6 Å². The Morgan fingerprint density at radius 1 is 1.62 bits per heavy atom. The van der Waals surface area contributed by atoms with Gasteiger partial charge in [0, 0.05) is 18.5 Å². The molecule has 0 bridgehead atoms. The summed E-state index contributed by atoms with van der Waals surface area (Å²) in [6.07, 6.45) is 1.60. The van der Waals surface area contributed by atoms with Crippen LogP contribution >= 0.6 is 11.6 Å². The highest BCUT2D eigenvalue weighted by atomic mass is 35.5. The van der Waals surface area contributed by atoms with E-state index in [4.69, 9.17) is 11.6 Å². The lowest BCUT2D eigenvalue weighted by Crippen LogP contribution is -2.25. The van der Waals surface area contributed by atoms with Crippen LogP contribution in [0.1, 0.15) is 6.42 Å². The second-order valence-corrected chi connectivity index (χ2v) is 2.91. The Labute approximate surface area is 80.6 Å². The van der Waals surface area contributed by atoms with Gasteiger partial charge in [0.15, 0.2) is 0 Å². The van der Waals surface area contributed by atoms with Gasteiger partial charge in [-0.15, -0.1) is 0 Å². The molecule has 1 rings (SSSR count). The number of carboxylic acid groups (broad SMARTS) is 1. The lowest BCUT2D eigenvalue weighted by molar-refractivity contribution is -0.361. The monoisotopic (exact) mass is 200 g/mol. The first-order valence-corrected chi connectivity index (χ1v) is 4.17. The molecule has 0 fully saturated rings. The molecule has 0 amide bonds. The Bertz CT molecular complexity index is 287. The van der Waals surface area contributed by atoms with Crippen LogP contribution in [0.3, 0.4) is 0 Å². The van der Waals surface area contributed by atoms with Crippen LogP contribution in [0.25, 0.3) is 0 Å². The van der Waals surface area contributed by atoms with Crippen molar-refractivity contribution in [2.45, 2.75) is 6.42 Å². The summed E-state index contributed by atoms with van der Waals surface area (Å²) in [6, 6.07) is 3.44. The summed E-state index contributed by atoms with van der Waals surface area (Å²) in [5, 5.41) is 13.5. The molecule has 0 atom stereocenters. The van der Waals surface area contributed by atoms with Gasteiger partial charge in [-0.25, -0.2) is 4.98 Å². The molecule has 13 heavy (non-hydrogen) atoms. The quantitative estimate of drug-likeness (QED) is 0.726. The van der Waals surface area contributed by atoms with Crippen molar-refractivity contribution in [2.75, 3.05) is 11.9 Å². The molecule has 0 aromatic carbocycles. The van der Waals surface area contributed by atoms with Gasteiger partial charge in [-0.2, -0.15) is 0 Å². The second-order valence-electron chi connectivity index (χ2n) is 2.47. The van der Waals surface area contributed by atoms with Crippen LogP contribution < -0.4 is 15.4 Å². The summed E-state index contributed by atoms with van der Waals surface area (Å²) in [7, 11) is 0. The number of carbonyl (C=O) groups is 1. The SMILES string of the molecule is O=C([O-])CCNc1ccc(Cl)c[nH+]1. The van der Waals surface area contributed by atoms with Gasteiger partial charge in [0.1, 0.15) is 6.20 Å². The first-order valence-electron chi connectivity index (χ1n) is 3.79. The third-order valence-electron chi connectivity index (χ3n) is 1.42. The summed E-state index contributed by atoms with van der Waals surface area (Å²) in [4.78, 5) is 12.9. The van der Waals surface area contributed by atoms with Crippen molar-refractivity contribution in [3.05, 3.63) is 23.4 Å². The minimum Gasteiger partial charge on any atom is -0.550 e.